The lowest BCUT2D eigenvalue weighted by atomic mass is 10.6. The first-order valence-electron chi connectivity index (χ1n) is 9.51. The molecule has 28 heavy (non-hydrogen) atoms. The van der Waals surface area contributed by atoms with E-state index in [1.165, 1.54) is 6.92 Å². The zero-order valence-electron chi connectivity index (χ0n) is 16.9. The minimum absolute atomic E-state index is 0.266. The van der Waals surface area contributed by atoms with Crippen molar-refractivity contribution in [3.8, 4) is 0 Å². The van der Waals surface area contributed by atoms with Crippen molar-refractivity contribution in [2.45, 2.75) is 6.92 Å². The predicted octanol–water partition coefficient (Wildman–Crippen LogP) is 0.905. The Bertz CT molecular complexity index is 321. The lowest BCUT2D eigenvalue weighted by molar-refractivity contribution is -0.142. The van der Waals surface area contributed by atoms with Gasteiger partial charge in [-0.05, 0) is 0 Å². The van der Waals surface area contributed by atoms with E-state index in [0.717, 1.165) is 0 Å². The van der Waals surface area contributed by atoms with Crippen molar-refractivity contribution in [2.75, 3.05) is 105 Å². The van der Waals surface area contributed by atoms with Gasteiger partial charge in [-0.15, -0.1) is 11.6 Å². The maximum Gasteiger partial charge on any atom is 0.302 e. The summed E-state index contributed by atoms with van der Waals surface area (Å²) in [6.45, 7) is 8.68. The smallest absolute Gasteiger partial charge is 0.302 e. The Hall–Kier alpha value is -0.520. The Morgan fingerprint density at radius 2 is 0.750 bits per heavy atom. The first-order valence-corrected chi connectivity index (χ1v) is 10.0. The van der Waals surface area contributed by atoms with Crippen LogP contribution in [0.15, 0.2) is 0 Å². The number of esters is 1. The molecule has 9 nitrogen and oxygen atoms in total. The van der Waals surface area contributed by atoms with Crippen LogP contribution >= 0.6 is 11.6 Å². The largest absolute Gasteiger partial charge is 0.463 e. The fourth-order valence-electron chi connectivity index (χ4n) is 1.72. The summed E-state index contributed by atoms with van der Waals surface area (Å²) in [7, 11) is 0. The summed E-state index contributed by atoms with van der Waals surface area (Å²) in [5, 5.41) is 0. The Kier molecular flexibility index (Phi) is 24.1. The number of alkyl halides is 1. The van der Waals surface area contributed by atoms with Crippen LogP contribution in [0.25, 0.3) is 0 Å². The number of hydrogen-bond donors (Lipinski definition) is 0. The number of halogens is 1. The van der Waals surface area contributed by atoms with E-state index in [4.69, 9.17) is 49.5 Å². The third-order valence-electron chi connectivity index (χ3n) is 2.99. The standard InChI is InChI=1S/C18H35ClO9/c1-18(20)28-17-16-27-15-14-26-13-12-25-11-10-24-9-8-23-7-6-22-5-4-21-3-2-19/h2-17H2,1H3. The van der Waals surface area contributed by atoms with Crippen molar-refractivity contribution in [1.82, 2.24) is 0 Å². The van der Waals surface area contributed by atoms with Gasteiger partial charge < -0.3 is 37.9 Å². The van der Waals surface area contributed by atoms with Crippen molar-refractivity contribution in [3.05, 3.63) is 0 Å². The van der Waals surface area contributed by atoms with Crippen LogP contribution in [-0.4, -0.2) is 111 Å². The molecule has 0 heterocycles. The number of rotatable bonds is 23. The molecule has 0 atom stereocenters. The highest BCUT2D eigenvalue weighted by molar-refractivity contribution is 6.17. The maximum atomic E-state index is 10.5. The van der Waals surface area contributed by atoms with Gasteiger partial charge in [0.1, 0.15) is 6.61 Å². The highest BCUT2D eigenvalue weighted by Gasteiger charge is 1.95. The normalized spacial score (nSPS) is 11.1. The lowest BCUT2D eigenvalue weighted by Crippen LogP contribution is -2.15. The molecule has 0 spiro atoms. The molecule has 0 unspecified atom stereocenters. The molecule has 0 saturated heterocycles. The first-order chi connectivity index (χ1) is 13.8. The lowest BCUT2D eigenvalue weighted by Gasteiger charge is -2.08. The number of ether oxygens (including phenoxy) is 8. The second kappa shape index (κ2) is 24.5. The van der Waals surface area contributed by atoms with Gasteiger partial charge in [0.25, 0.3) is 0 Å². The molecule has 0 aliphatic rings. The molecule has 0 amide bonds. The predicted molar refractivity (Wildman–Crippen MR) is 103 cm³/mol. The van der Waals surface area contributed by atoms with Crippen molar-refractivity contribution >= 4 is 17.6 Å². The van der Waals surface area contributed by atoms with Gasteiger partial charge in [0, 0.05) is 12.8 Å². The van der Waals surface area contributed by atoms with Gasteiger partial charge in [-0.1, -0.05) is 0 Å². The van der Waals surface area contributed by atoms with Gasteiger partial charge in [-0.3, -0.25) is 4.79 Å². The zero-order chi connectivity index (χ0) is 20.5. The highest BCUT2D eigenvalue weighted by Crippen LogP contribution is 1.86. The first kappa shape index (κ1) is 27.5. The average Bonchev–Trinajstić information content (AvgIpc) is 2.68. The minimum atomic E-state index is -0.306. The van der Waals surface area contributed by atoms with E-state index >= 15 is 0 Å². The Morgan fingerprint density at radius 3 is 1.00 bits per heavy atom. The van der Waals surface area contributed by atoms with Crippen LogP contribution in [0.4, 0.5) is 0 Å². The fourth-order valence-corrected chi connectivity index (χ4v) is 1.83. The van der Waals surface area contributed by atoms with Gasteiger partial charge in [-0.2, -0.15) is 0 Å². The molecule has 0 N–H and O–H groups in total. The molecule has 0 aliphatic carbocycles. The monoisotopic (exact) mass is 430 g/mol. The van der Waals surface area contributed by atoms with E-state index in [1.54, 1.807) is 0 Å². The summed E-state index contributed by atoms with van der Waals surface area (Å²) in [6, 6.07) is 0. The van der Waals surface area contributed by atoms with Crippen LogP contribution in [0.5, 0.6) is 0 Å². The van der Waals surface area contributed by atoms with E-state index < -0.39 is 0 Å². The van der Waals surface area contributed by atoms with E-state index in [1.807, 2.05) is 0 Å². The molecule has 0 bridgehead atoms. The molecule has 0 fully saturated rings. The number of hydrogen-bond acceptors (Lipinski definition) is 9. The van der Waals surface area contributed by atoms with Gasteiger partial charge in [0.2, 0.25) is 0 Å². The third kappa shape index (κ3) is 25.5. The molecular weight excluding hydrogens is 396 g/mol. The topological polar surface area (TPSA) is 90.9 Å². The van der Waals surface area contributed by atoms with Gasteiger partial charge >= 0.3 is 5.97 Å². The molecular formula is C18H35ClO9. The average molecular weight is 431 g/mol. The number of carbonyl (C=O) groups is 1. The van der Waals surface area contributed by atoms with E-state index in [0.29, 0.717) is 98.4 Å². The zero-order valence-corrected chi connectivity index (χ0v) is 17.6. The van der Waals surface area contributed by atoms with Crippen LogP contribution in [0.1, 0.15) is 6.92 Å². The summed E-state index contributed by atoms with van der Waals surface area (Å²) in [4.78, 5) is 10.5. The number of carbonyl (C=O) groups excluding carboxylic acids is 1. The van der Waals surface area contributed by atoms with Crippen molar-refractivity contribution in [2.24, 2.45) is 0 Å². The van der Waals surface area contributed by atoms with Crippen LogP contribution < -0.4 is 0 Å². The summed E-state index contributed by atoms with van der Waals surface area (Å²) in [5.74, 6) is 0.192. The molecule has 0 radical (unpaired) electrons. The summed E-state index contributed by atoms with van der Waals surface area (Å²) in [5.41, 5.74) is 0. The van der Waals surface area contributed by atoms with Crippen LogP contribution in [0.2, 0.25) is 0 Å². The Labute approximate surface area is 172 Å². The van der Waals surface area contributed by atoms with Gasteiger partial charge in [-0.25, -0.2) is 0 Å². The Morgan fingerprint density at radius 1 is 0.500 bits per heavy atom. The maximum absolute atomic E-state index is 10.5. The summed E-state index contributed by atoms with van der Waals surface area (Å²) in [6.07, 6.45) is 0. The fraction of sp³-hybridized carbons (Fsp3) is 0.944. The van der Waals surface area contributed by atoms with Crippen molar-refractivity contribution < 1.29 is 42.7 Å². The SMILES string of the molecule is CC(=O)OCCOCCOCCOCCOCCOCCOCCOCCCl. The van der Waals surface area contributed by atoms with E-state index in [9.17, 15) is 4.79 Å². The van der Waals surface area contributed by atoms with Gasteiger partial charge in [0.05, 0.1) is 92.5 Å². The molecule has 0 aliphatic heterocycles. The molecule has 0 aromatic heterocycles. The minimum Gasteiger partial charge on any atom is -0.463 e. The van der Waals surface area contributed by atoms with Crippen molar-refractivity contribution in [1.29, 1.82) is 0 Å². The van der Waals surface area contributed by atoms with Crippen LogP contribution in [-0.2, 0) is 42.7 Å². The second-order valence-electron chi connectivity index (χ2n) is 5.32. The summed E-state index contributed by atoms with van der Waals surface area (Å²) < 4.78 is 41.9. The van der Waals surface area contributed by atoms with E-state index in [2.05, 4.69) is 0 Å². The summed E-state index contributed by atoms with van der Waals surface area (Å²) >= 11 is 5.48. The van der Waals surface area contributed by atoms with E-state index in [-0.39, 0.29) is 12.6 Å². The van der Waals surface area contributed by atoms with Crippen molar-refractivity contribution in [3.63, 3.8) is 0 Å². The third-order valence-corrected chi connectivity index (χ3v) is 3.14. The van der Waals surface area contributed by atoms with Crippen LogP contribution in [0, 0.1) is 0 Å². The second-order valence-corrected chi connectivity index (χ2v) is 5.69. The van der Waals surface area contributed by atoms with Gasteiger partial charge in [0.15, 0.2) is 0 Å². The highest BCUT2D eigenvalue weighted by atomic mass is 35.5. The molecule has 10 heteroatoms. The quantitative estimate of drug-likeness (QED) is 0.133. The molecule has 0 aromatic rings. The Balaban J connectivity index is 2.99. The molecule has 0 aromatic carbocycles. The molecule has 0 saturated carbocycles. The molecule has 168 valence electrons. The van der Waals surface area contributed by atoms with Crippen LogP contribution in [0.3, 0.4) is 0 Å². The molecule has 0 rings (SSSR count).